The van der Waals surface area contributed by atoms with E-state index in [1.165, 1.54) is 26.0 Å². The molecule has 6 heteroatoms. The number of hydrogen-bond donors (Lipinski definition) is 0. The first-order valence-corrected chi connectivity index (χ1v) is 7.23. The summed E-state index contributed by atoms with van der Waals surface area (Å²) in [5, 5.41) is 11.0. The van der Waals surface area contributed by atoms with Crippen LogP contribution in [0.25, 0.3) is 0 Å². The van der Waals surface area contributed by atoms with E-state index in [9.17, 15) is 10.1 Å². The molecular formula is C14H18ClNO4. The van der Waals surface area contributed by atoms with Crippen molar-refractivity contribution in [1.29, 1.82) is 0 Å². The van der Waals surface area contributed by atoms with Crippen molar-refractivity contribution in [2.24, 2.45) is 5.92 Å². The van der Waals surface area contributed by atoms with Gasteiger partial charge in [0.05, 0.1) is 30.6 Å². The lowest BCUT2D eigenvalue weighted by Gasteiger charge is -2.14. The fourth-order valence-corrected chi connectivity index (χ4v) is 2.74. The molecule has 0 saturated heterocycles. The van der Waals surface area contributed by atoms with Crippen LogP contribution in [0.2, 0.25) is 0 Å². The normalized spacial score (nSPS) is 15.3. The molecule has 1 aliphatic rings. The Morgan fingerprint density at radius 2 is 2.05 bits per heavy atom. The van der Waals surface area contributed by atoms with Crippen molar-refractivity contribution in [3.05, 3.63) is 27.8 Å². The van der Waals surface area contributed by atoms with Gasteiger partial charge in [-0.3, -0.25) is 10.1 Å². The second kappa shape index (κ2) is 6.79. The molecule has 0 atom stereocenters. The number of rotatable bonds is 6. The highest BCUT2D eigenvalue weighted by molar-refractivity contribution is 6.17. The van der Waals surface area contributed by atoms with Crippen LogP contribution in [0.3, 0.4) is 0 Å². The van der Waals surface area contributed by atoms with Gasteiger partial charge in [0.25, 0.3) is 5.69 Å². The van der Waals surface area contributed by atoms with Gasteiger partial charge in [-0.05, 0) is 24.8 Å². The van der Waals surface area contributed by atoms with Gasteiger partial charge < -0.3 is 9.47 Å². The second-order valence-corrected chi connectivity index (χ2v) is 5.25. The SMILES string of the molecule is COc1cc(CCl)c([N+](=O)[O-])cc1OCC1CCCC1. The minimum absolute atomic E-state index is 0.0257. The highest BCUT2D eigenvalue weighted by atomic mass is 35.5. The zero-order valence-electron chi connectivity index (χ0n) is 11.4. The molecule has 1 fully saturated rings. The van der Waals surface area contributed by atoms with Gasteiger partial charge in [0.15, 0.2) is 11.5 Å². The number of benzene rings is 1. The first kappa shape index (κ1) is 14.9. The number of nitrogens with zero attached hydrogens (tertiary/aromatic N) is 1. The maximum atomic E-state index is 11.0. The molecular weight excluding hydrogens is 282 g/mol. The van der Waals surface area contributed by atoms with Crippen molar-refractivity contribution < 1.29 is 14.4 Å². The minimum Gasteiger partial charge on any atom is -0.493 e. The van der Waals surface area contributed by atoms with Gasteiger partial charge in [0, 0.05) is 5.56 Å². The van der Waals surface area contributed by atoms with Crippen LogP contribution < -0.4 is 9.47 Å². The summed E-state index contributed by atoms with van der Waals surface area (Å²) < 4.78 is 11.0. The molecule has 0 spiro atoms. The molecule has 5 nitrogen and oxygen atoms in total. The Kier molecular flexibility index (Phi) is 5.06. The van der Waals surface area contributed by atoms with Crippen molar-refractivity contribution in [2.75, 3.05) is 13.7 Å². The molecule has 0 bridgehead atoms. The van der Waals surface area contributed by atoms with Gasteiger partial charge in [-0.2, -0.15) is 0 Å². The maximum absolute atomic E-state index is 11.0. The average molecular weight is 300 g/mol. The Balaban J connectivity index is 2.20. The van der Waals surface area contributed by atoms with E-state index in [0.717, 1.165) is 12.8 Å². The van der Waals surface area contributed by atoms with Gasteiger partial charge in [-0.15, -0.1) is 11.6 Å². The predicted molar refractivity (Wildman–Crippen MR) is 76.7 cm³/mol. The summed E-state index contributed by atoms with van der Waals surface area (Å²) in [4.78, 5) is 10.6. The highest BCUT2D eigenvalue weighted by Crippen LogP contribution is 2.36. The second-order valence-electron chi connectivity index (χ2n) is 4.98. The molecule has 1 saturated carbocycles. The van der Waals surface area contributed by atoms with Gasteiger partial charge in [-0.25, -0.2) is 0 Å². The number of hydrogen-bond acceptors (Lipinski definition) is 4. The standard InChI is InChI=1S/C14H18ClNO4/c1-19-13-6-11(8-15)12(16(17)18)7-14(13)20-9-10-4-2-3-5-10/h6-7,10H,2-5,8-9H2,1H3. The topological polar surface area (TPSA) is 61.6 Å². The van der Waals surface area contributed by atoms with E-state index in [4.69, 9.17) is 21.1 Å². The summed E-state index contributed by atoms with van der Waals surface area (Å²) in [7, 11) is 1.52. The van der Waals surface area contributed by atoms with Crippen LogP contribution in [0, 0.1) is 16.0 Å². The van der Waals surface area contributed by atoms with E-state index >= 15 is 0 Å². The maximum Gasteiger partial charge on any atom is 0.277 e. The monoisotopic (exact) mass is 299 g/mol. The van der Waals surface area contributed by atoms with Gasteiger partial charge in [0.1, 0.15) is 0 Å². The Bertz CT molecular complexity index is 486. The predicted octanol–water partition coefficient (Wildman–Crippen LogP) is 3.91. The zero-order valence-corrected chi connectivity index (χ0v) is 12.2. The number of ether oxygens (including phenoxy) is 2. The smallest absolute Gasteiger partial charge is 0.277 e. The summed E-state index contributed by atoms with van der Waals surface area (Å²) in [5.74, 6) is 1.51. The lowest BCUT2D eigenvalue weighted by molar-refractivity contribution is -0.385. The van der Waals surface area contributed by atoms with Crippen LogP contribution in [-0.4, -0.2) is 18.6 Å². The first-order chi connectivity index (χ1) is 9.65. The summed E-state index contributed by atoms with van der Waals surface area (Å²) in [6.07, 6.45) is 4.78. The van der Waals surface area contributed by atoms with E-state index < -0.39 is 4.92 Å². The van der Waals surface area contributed by atoms with E-state index in [1.54, 1.807) is 6.07 Å². The fourth-order valence-electron chi connectivity index (χ4n) is 2.53. The Hall–Kier alpha value is -1.49. The third kappa shape index (κ3) is 3.33. The lowest BCUT2D eigenvalue weighted by atomic mass is 10.1. The molecule has 20 heavy (non-hydrogen) atoms. The summed E-state index contributed by atoms with van der Waals surface area (Å²) in [5.41, 5.74) is 0.406. The van der Waals surface area contributed by atoms with Crippen molar-refractivity contribution in [2.45, 2.75) is 31.6 Å². The summed E-state index contributed by atoms with van der Waals surface area (Å²) in [6.45, 7) is 0.577. The number of halogens is 1. The molecule has 0 radical (unpaired) electrons. The average Bonchev–Trinajstić information content (AvgIpc) is 2.97. The number of nitro groups is 1. The molecule has 0 heterocycles. The zero-order chi connectivity index (χ0) is 14.5. The van der Waals surface area contributed by atoms with Crippen molar-refractivity contribution in [3.63, 3.8) is 0 Å². The van der Waals surface area contributed by atoms with Crippen LogP contribution in [0.4, 0.5) is 5.69 Å². The van der Waals surface area contributed by atoms with E-state index in [-0.39, 0.29) is 11.6 Å². The molecule has 1 aromatic rings. The van der Waals surface area contributed by atoms with Crippen LogP contribution >= 0.6 is 11.6 Å². The molecule has 0 N–H and O–H groups in total. The van der Waals surface area contributed by atoms with Crippen molar-refractivity contribution in [1.82, 2.24) is 0 Å². The first-order valence-electron chi connectivity index (χ1n) is 6.69. The third-order valence-electron chi connectivity index (χ3n) is 3.65. The number of alkyl halides is 1. The molecule has 0 unspecified atom stereocenters. The van der Waals surface area contributed by atoms with Gasteiger partial charge >= 0.3 is 0 Å². The van der Waals surface area contributed by atoms with E-state index in [1.807, 2.05) is 0 Å². The molecule has 0 aliphatic heterocycles. The Morgan fingerprint density at radius 3 is 2.60 bits per heavy atom. The van der Waals surface area contributed by atoms with Crippen molar-refractivity contribution >= 4 is 17.3 Å². The van der Waals surface area contributed by atoms with Crippen LogP contribution in [0.1, 0.15) is 31.2 Å². The molecule has 0 amide bonds. The number of nitro benzene ring substituents is 1. The fraction of sp³-hybridized carbons (Fsp3) is 0.571. The van der Waals surface area contributed by atoms with Crippen LogP contribution in [-0.2, 0) is 5.88 Å². The third-order valence-corrected chi connectivity index (χ3v) is 3.94. The Labute approximate surface area is 123 Å². The van der Waals surface area contributed by atoms with Crippen LogP contribution in [0.5, 0.6) is 11.5 Å². The molecule has 1 aliphatic carbocycles. The minimum atomic E-state index is -0.445. The molecule has 0 aromatic heterocycles. The quantitative estimate of drug-likeness (QED) is 0.454. The Morgan fingerprint density at radius 1 is 1.35 bits per heavy atom. The van der Waals surface area contributed by atoms with Gasteiger partial charge in [-0.1, -0.05) is 12.8 Å². The highest BCUT2D eigenvalue weighted by Gasteiger charge is 2.21. The van der Waals surface area contributed by atoms with E-state index in [2.05, 4.69) is 0 Å². The summed E-state index contributed by atoms with van der Waals surface area (Å²) >= 11 is 5.74. The molecule has 110 valence electrons. The molecule has 2 rings (SSSR count). The summed E-state index contributed by atoms with van der Waals surface area (Å²) in [6, 6.07) is 2.99. The number of methoxy groups -OCH3 is 1. The largest absolute Gasteiger partial charge is 0.493 e. The molecule has 1 aromatic carbocycles. The van der Waals surface area contributed by atoms with Gasteiger partial charge in [0.2, 0.25) is 0 Å². The van der Waals surface area contributed by atoms with Crippen LogP contribution in [0.15, 0.2) is 12.1 Å². The van der Waals surface area contributed by atoms with E-state index in [0.29, 0.717) is 29.6 Å². The van der Waals surface area contributed by atoms with Crippen molar-refractivity contribution in [3.8, 4) is 11.5 Å². The lowest BCUT2D eigenvalue weighted by Crippen LogP contribution is -2.09.